The monoisotopic (exact) mass is 1860 g/mol. The largest absolute Gasteiger partial charge is 0.344 e. The van der Waals surface area contributed by atoms with Crippen molar-refractivity contribution >= 4 is 155 Å². The summed E-state index contributed by atoms with van der Waals surface area (Å²) in [5.74, 6) is 0. The van der Waals surface area contributed by atoms with Gasteiger partial charge in [-0.15, -0.1) is 0 Å². The van der Waals surface area contributed by atoms with Gasteiger partial charge < -0.3 is 44.9 Å². The molecular weight excluding hydrogens is 1770 g/mol. The van der Waals surface area contributed by atoms with E-state index in [4.69, 9.17) is 0 Å². The van der Waals surface area contributed by atoms with Crippen molar-refractivity contribution in [2.24, 2.45) is 0 Å². The van der Waals surface area contributed by atoms with Crippen LogP contribution in [0.5, 0.6) is 0 Å². The molecule has 0 aromatic carbocycles. The zero-order chi connectivity index (χ0) is 97.6. The summed E-state index contributed by atoms with van der Waals surface area (Å²) in [7, 11) is 0. The predicted molar refractivity (Wildman–Crippen MR) is 541 cm³/mol. The highest BCUT2D eigenvalue weighted by Gasteiger charge is 2.07. The van der Waals surface area contributed by atoms with Gasteiger partial charge in [0.05, 0.1) is 213 Å². The maximum Gasteiger partial charge on any atom is 0.177 e. The molecule has 0 radical (unpaired) electrons. The second-order valence-electron chi connectivity index (χ2n) is 31.5. The predicted octanol–water partition coefficient (Wildman–Crippen LogP) is 17.7. The average Bonchev–Trinajstić information content (AvgIpc) is 1.70. The minimum Gasteiger partial charge on any atom is -0.344 e. The zero-order valence-electron chi connectivity index (χ0n) is 78.8. The first-order valence-corrected chi connectivity index (χ1v) is 43.7. The van der Waals surface area contributed by atoms with E-state index in [-0.39, 0.29) is 0 Å². The molecule has 0 spiro atoms. The number of aromatic amines is 14. The van der Waals surface area contributed by atoms with E-state index in [2.05, 4.69) is 210 Å². The second kappa shape index (κ2) is 46.4. The van der Waals surface area contributed by atoms with Gasteiger partial charge in [0.1, 0.15) is 11.0 Å². The molecule has 0 fully saturated rings. The minimum atomic E-state index is 0.783. The second-order valence-corrected chi connectivity index (χ2v) is 31.5. The molecule has 0 bridgehead atoms. The fourth-order valence-electron chi connectivity index (χ4n) is 13.4. The zero-order valence-corrected chi connectivity index (χ0v) is 78.8. The Morgan fingerprint density at radius 1 is 0.207 bits per heavy atom. The smallest absolute Gasteiger partial charge is 0.177 e. The Bertz CT molecular complexity index is 7320. The molecule has 0 unspecified atom stereocenters. The molecule has 28 heterocycles. The molecule has 28 aromatic rings. The molecule has 0 aliphatic rings. The number of hydrogen-bond donors (Lipinski definition) is 14. The Kier molecular flexibility index (Phi) is 31.6. The number of H-pyrrole nitrogens is 14. The molecule has 0 atom stereocenters. The topological polar surface area (TPSA) is 582 Å². The lowest BCUT2D eigenvalue weighted by Gasteiger charge is -1.90. The average molecular weight is 1860 g/mol. The molecule has 0 amide bonds. The Labute approximate surface area is 796 Å². The molecule has 0 saturated heterocycles. The van der Waals surface area contributed by atoms with Crippen molar-refractivity contribution in [3.8, 4) is 0 Å². The quantitative estimate of drug-likeness (QED) is 0.0670. The Morgan fingerprint density at radius 2 is 0.657 bits per heavy atom. The van der Waals surface area contributed by atoms with Gasteiger partial charge in [-0.1, -0.05) is 0 Å². The number of nitrogens with one attached hydrogen (secondary N) is 14. The summed E-state index contributed by atoms with van der Waals surface area (Å²) in [6, 6.07) is 29.5. The molecule has 0 aliphatic heterocycles. The summed E-state index contributed by atoms with van der Waals surface area (Å²) in [4.78, 5) is 121. The molecule has 42 nitrogen and oxygen atoms in total. The van der Waals surface area contributed by atoms with Crippen LogP contribution in [-0.4, -0.2) is 210 Å². The number of rotatable bonds is 0. The van der Waals surface area contributed by atoms with Crippen LogP contribution in [0.3, 0.4) is 0 Å². The van der Waals surface area contributed by atoms with Crippen LogP contribution < -0.4 is 0 Å². The lowest BCUT2D eigenvalue weighted by atomic mass is 10.2. The molecule has 42 heteroatoms. The molecule has 28 aromatic heterocycles. The van der Waals surface area contributed by atoms with E-state index in [0.29, 0.717) is 0 Å². The van der Waals surface area contributed by atoms with Crippen LogP contribution in [-0.2, 0) is 0 Å². The third kappa shape index (κ3) is 25.7. The molecule has 0 aliphatic carbocycles. The number of aromatic nitrogens is 42. The van der Waals surface area contributed by atoms with Crippen molar-refractivity contribution in [3.05, 3.63) is 338 Å². The third-order valence-electron chi connectivity index (χ3n) is 20.7. The van der Waals surface area contributed by atoms with Crippen molar-refractivity contribution in [2.75, 3.05) is 0 Å². The fourth-order valence-corrected chi connectivity index (χ4v) is 13.4. The van der Waals surface area contributed by atoms with Crippen molar-refractivity contribution in [1.29, 1.82) is 0 Å². The van der Waals surface area contributed by atoms with Gasteiger partial charge in [0.2, 0.25) is 0 Å². The summed E-state index contributed by atoms with van der Waals surface area (Å²) < 4.78 is 0. The molecule has 140 heavy (non-hydrogen) atoms. The van der Waals surface area contributed by atoms with Crippen molar-refractivity contribution in [3.63, 3.8) is 0 Å². The van der Waals surface area contributed by atoms with Crippen molar-refractivity contribution in [2.45, 2.75) is 96.9 Å². The summed E-state index contributed by atoms with van der Waals surface area (Å²) in [6.45, 7) is 27.8. The van der Waals surface area contributed by atoms with E-state index in [1.807, 2.05) is 219 Å². The highest BCUT2D eigenvalue weighted by atomic mass is 15.1. The minimum absolute atomic E-state index is 0.783. The van der Waals surface area contributed by atoms with Gasteiger partial charge in [0.15, 0.2) is 33.9 Å². The number of aryl methyl sites for hydroxylation is 14. The van der Waals surface area contributed by atoms with Gasteiger partial charge in [0.25, 0.3) is 0 Å². The van der Waals surface area contributed by atoms with Gasteiger partial charge in [-0.3, -0.25) is 60.4 Å². The Hall–Kier alpha value is -19.3. The lowest BCUT2D eigenvalue weighted by molar-refractivity contribution is 1.10. The first kappa shape index (κ1) is 95.3. The maximum atomic E-state index is 4.24. The lowest BCUT2D eigenvalue weighted by Crippen LogP contribution is -1.80. The van der Waals surface area contributed by atoms with Gasteiger partial charge in [0, 0.05) is 111 Å². The number of pyridine rings is 14. The van der Waals surface area contributed by atoms with Crippen LogP contribution in [0.1, 0.15) is 78.9 Å². The fraction of sp³-hybridized carbons (Fsp3) is 0.143. The summed E-state index contributed by atoms with van der Waals surface area (Å²) in [5, 5.41) is 38.1. The van der Waals surface area contributed by atoms with Crippen molar-refractivity contribution in [1.82, 2.24) is 210 Å². The van der Waals surface area contributed by atoms with E-state index in [1.165, 1.54) is 11.1 Å². The van der Waals surface area contributed by atoms with Crippen molar-refractivity contribution < 1.29 is 0 Å². The highest BCUT2D eigenvalue weighted by Crippen LogP contribution is 2.19. The van der Waals surface area contributed by atoms with Crippen LogP contribution in [0.2, 0.25) is 0 Å². The number of nitrogens with zero attached hydrogens (tertiary/aromatic N) is 28. The Morgan fingerprint density at radius 3 is 1.27 bits per heavy atom. The summed E-state index contributed by atoms with van der Waals surface area (Å²) >= 11 is 0. The standard InChI is InChI=1S/14C7H7N3/c1-5-2-8-3-6-7(5)10-4-9-6;1-5-2-8-4-7-6(5)3-9-10-7;2*1-5-2-6-7(3-8-5)10-4-9-6;1-5-2-6-3-9-10-7(6)4-8-5;2*1-5-2-6-7(8-3-5)10-4-9-6;1-5-6-4-9-10-7(6)2-3-8-5;1-5-7-6(2-3-8-5)9-4-10-7;1-5-2-3-8-7-6(5)9-4-10-7;1-5-2-3-8-7-6(5)4-9-10-7;2*1-5-2-3-6-7(10-5)9-4-8-6;1-5-2-3-6-7(9-5)4-8-10-6/h5*2-4H,1H3,(H,9,10);2*2-4H,1H3,(H,8,9,10);2*2-4H,1H3,(H,9,10);4*2-4H,1H3,(H,8,9,10);2-4H,1H3,(H,8,10). The number of fused-ring (bicyclic) bond motifs is 14. The third-order valence-corrected chi connectivity index (χ3v) is 20.7. The SMILES string of the molecule is Cc1cc2cn[nH]c2cn1.Cc1cc2nc[nH]c2cn1.Cc1cc2nc[nH]c2cn1.Cc1ccc2[nH]cnc2n1.Cc1ccc2[nH]cnc2n1.Cc1ccc2[nH]ncc2n1.Cc1ccnc2[nH]ncc12.Cc1ccnc2nc[nH]c12.Cc1cnc2nc[nH]c2c1.Cc1cnc2nc[nH]c2c1.Cc1cncc2[nH]cnc12.Cc1cncc2[nH]ncc12.Cc1nccc2[nH]cnc12.Cc1nccc2[nH]ncc12. The van der Waals surface area contributed by atoms with E-state index in [1.54, 1.807) is 138 Å². The van der Waals surface area contributed by atoms with E-state index < -0.39 is 0 Å². The highest BCUT2D eigenvalue weighted by molar-refractivity contribution is 5.83. The number of hydrogen-bond acceptors (Lipinski definition) is 28. The van der Waals surface area contributed by atoms with Crippen LogP contribution in [0.4, 0.5) is 0 Å². The number of imidazole rings is 9. The van der Waals surface area contributed by atoms with Gasteiger partial charge in [-0.25, -0.2) is 79.7 Å². The van der Waals surface area contributed by atoms with Crippen LogP contribution in [0.15, 0.2) is 259 Å². The van der Waals surface area contributed by atoms with E-state index >= 15 is 0 Å². The van der Waals surface area contributed by atoms with E-state index in [9.17, 15) is 0 Å². The molecule has 700 valence electrons. The van der Waals surface area contributed by atoms with Crippen LogP contribution >= 0.6 is 0 Å². The molecule has 28 rings (SSSR count). The van der Waals surface area contributed by atoms with Gasteiger partial charge in [-0.05, 0) is 221 Å². The van der Waals surface area contributed by atoms with Crippen LogP contribution in [0, 0.1) is 96.9 Å². The van der Waals surface area contributed by atoms with Crippen LogP contribution in [0.25, 0.3) is 155 Å². The summed E-state index contributed by atoms with van der Waals surface area (Å²) in [6.07, 6.45) is 47.1. The molecule has 0 saturated carbocycles. The van der Waals surface area contributed by atoms with Gasteiger partial charge >= 0.3 is 0 Å². The summed E-state index contributed by atoms with van der Waals surface area (Å²) in [5.41, 5.74) is 37.7. The molecular formula is C98H98N42. The maximum absolute atomic E-state index is 4.24. The van der Waals surface area contributed by atoms with Gasteiger partial charge in [-0.2, -0.15) is 25.5 Å². The first-order valence-electron chi connectivity index (χ1n) is 43.7. The first-order chi connectivity index (χ1) is 68.1. The normalized spacial score (nSPS) is 10.5. The molecule has 14 N–H and O–H groups in total. The van der Waals surface area contributed by atoms with E-state index in [0.717, 1.165) is 223 Å². The Balaban J connectivity index is 0.000000114.